The number of imidazole rings is 1. The standard InChI is InChI=1S/C11H16ClN5O/c1-6(2)7(3-4-18)15-10-8-9(14-5-13-8)16-11(12)17-10/h5-7,18H,3-4H2,1-2H3,(H2,13,14,15,16,17). The number of rotatable bonds is 5. The van der Waals surface area contributed by atoms with Crippen LogP contribution in [0.1, 0.15) is 20.3 Å². The van der Waals surface area contributed by atoms with Crippen LogP contribution in [0.2, 0.25) is 5.28 Å². The molecule has 2 rings (SSSR count). The molecule has 98 valence electrons. The lowest BCUT2D eigenvalue weighted by Gasteiger charge is -2.22. The molecule has 2 heterocycles. The summed E-state index contributed by atoms with van der Waals surface area (Å²) in [6.45, 7) is 4.29. The van der Waals surface area contributed by atoms with E-state index < -0.39 is 0 Å². The molecule has 1 unspecified atom stereocenters. The van der Waals surface area contributed by atoms with Crippen LogP contribution >= 0.6 is 11.6 Å². The fourth-order valence-electron chi connectivity index (χ4n) is 1.80. The molecule has 0 saturated heterocycles. The number of aliphatic hydroxyl groups excluding tert-OH is 1. The van der Waals surface area contributed by atoms with Gasteiger partial charge in [0.1, 0.15) is 5.52 Å². The van der Waals surface area contributed by atoms with Crippen LogP contribution in [0.5, 0.6) is 0 Å². The van der Waals surface area contributed by atoms with E-state index in [1.54, 1.807) is 6.33 Å². The number of nitrogens with one attached hydrogen (secondary N) is 2. The van der Waals surface area contributed by atoms with Gasteiger partial charge in [-0.3, -0.25) is 0 Å². The first-order valence-electron chi connectivity index (χ1n) is 5.86. The molecule has 0 aliphatic rings. The van der Waals surface area contributed by atoms with Gasteiger partial charge in [-0.25, -0.2) is 4.98 Å². The maximum atomic E-state index is 9.07. The van der Waals surface area contributed by atoms with Gasteiger partial charge in [0.05, 0.1) is 6.33 Å². The van der Waals surface area contributed by atoms with Gasteiger partial charge in [0.25, 0.3) is 0 Å². The number of aliphatic hydroxyl groups is 1. The topological polar surface area (TPSA) is 86.7 Å². The highest BCUT2D eigenvalue weighted by Gasteiger charge is 2.16. The highest BCUT2D eigenvalue weighted by atomic mass is 35.5. The van der Waals surface area contributed by atoms with Crippen molar-refractivity contribution in [1.29, 1.82) is 0 Å². The van der Waals surface area contributed by atoms with Gasteiger partial charge in [0, 0.05) is 12.6 Å². The van der Waals surface area contributed by atoms with Crippen LogP contribution in [-0.4, -0.2) is 37.7 Å². The summed E-state index contributed by atoms with van der Waals surface area (Å²) in [6, 6.07) is 0.118. The lowest BCUT2D eigenvalue weighted by atomic mass is 10.0. The summed E-state index contributed by atoms with van der Waals surface area (Å²) < 4.78 is 0. The van der Waals surface area contributed by atoms with E-state index in [0.717, 1.165) is 5.52 Å². The van der Waals surface area contributed by atoms with E-state index in [4.69, 9.17) is 16.7 Å². The van der Waals surface area contributed by atoms with Gasteiger partial charge >= 0.3 is 0 Å². The third-order valence-corrected chi connectivity index (χ3v) is 2.99. The molecule has 1 atom stereocenters. The average molecular weight is 270 g/mol. The Bertz CT molecular complexity index is 527. The molecule has 0 fully saturated rings. The molecule has 0 spiro atoms. The molecule has 2 aromatic rings. The van der Waals surface area contributed by atoms with Crippen molar-refractivity contribution in [3.63, 3.8) is 0 Å². The Morgan fingerprint density at radius 1 is 1.44 bits per heavy atom. The first-order valence-corrected chi connectivity index (χ1v) is 6.23. The van der Waals surface area contributed by atoms with Crippen molar-refractivity contribution in [2.24, 2.45) is 5.92 Å². The van der Waals surface area contributed by atoms with Crippen LogP contribution < -0.4 is 5.32 Å². The summed E-state index contributed by atoms with van der Waals surface area (Å²) in [6.07, 6.45) is 2.20. The first-order chi connectivity index (χ1) is 8.61. The summed E-state index contributed by atoms with van der Waals surface area (Å²) in [7, 11) is 0. The van der Waals surface area contributed by atoms with Crippen LogP contribution in [0.4, 0.5) is 5.82 Å². The molecule has 0 amide bonds. The normalized spacial score (nSPS) is 13.2. The Labute approximate surface area is 110 Å². The predicted octanol–water partition coefficient (Wildman–Crippen LogP) is 1.83. The van der Waals surface area contributed by atoms with Gasteiger partial charge in [0.15, 0.2) is 11.5 Å². The number of H-pyrrole nitrogens is 1. The number of halogens is 1. The van der Waals surface area contributed by atoms with Crippen LogP contribution in [-0.2, 0) is 0 Å². The molecule has 2 aromatic heterocycles. The van der Waals surface area contributed by atoms with Gasteiger partial charge in [0.2, 0.25) is 5.28 Å². The molecule has 3 N–H and O–H groups in total. The Morgan fingerprint density at radius 3 is 2.89 bits per heavy atom. The van der Waals surface area contributed by atoms with Crippen molar-refractivity contribution in [3.05, 3.63) is 11.6 Å². The monoisotopic (exact) mass is 269 g/mol. The SMILES string of the molecule is CC(C)C(CCO)Nc1nc(Cl)nc2nc[nH]c12. The second-order valence-electron chi connectivity index (χ2n) is 4.45. The summed E-state index contributed by atoms with van der Waals surface area (Å²) >= 11 is 5.86. The molecule has 0 aliphatic heterocycles. The zero-order valence-electron chi connectivity index (χ0n) is 10.3. The molecule has 0 bridgehead atoms. The Kier molecular flexibility index (Phi) is 3.98. The predicted molar refractivity (Wildman–Crippen MR) is 70.6 cm³/mol. The van der Waals surface area contributed by atoms with E-state index in [1.807, 2.05) is 0 Å². The van der Waals surface area contributed by atoms with Crippen molar-refractivity contribution in [2.45, 2.75) is 26.3 Å². The maximum Gasteiger partial charge on any atom is 0.226 e. The van der Waals surface area contributed by atoms with Crippen LogP contribution in [0.25, 0.3) is 11.2 Å². The Balaban J connectivity index is 2.32. The minimum atomic E-state index is 0.118. The van der Waals surface area contributed by atoms with E-state index >= 15 is 0 Å². The summed E-state index contributed by atoms with van der Waals surface area (Å²) in [5.74, 6) is 0.985. The van der Waals surface area contributed by atoms with Gasteiger partial charge < -0.3 is 15.4 Å². The van der Waals surface area contributed by atoms with E-state index in [1.165, 1.54) is 0 Å². The highest BCUT2D eigenvalue weighted by Crippen LogP contribution is 2.21. The van der Waals surface area contributed by atoms with Gasteiger partial charge in [-0.2, -0.15) is 9.97 Å². The lowest BCUT2D eigenvalue weighted by Crippen LogP contribution is -2.27. The fourth-order valence-corrected chi connectivity index (χ4v) is 1.96. The number of aromatic nitrogens is 4. The van der Waals surface area contributed by atoms with Crippen LogP contribution in [0, 0.1) is 5.92 Å². The second kappa shape index (κ2) is 5.49. The number of fused-ring (bicyclic) bond motifs is 1. The first kappa shape index (κ1) is 13.0. The number of anilines is 1. The summed E-state index contributed by atoms with van der Waals surface area (Å²) in [5.41, 5.74) is 1.26. The number of nitrogens with zero attached hydrogens (tertiary/aromatic N) is 3. The third kappa shape index (κ3) is 2.70. The van der Waals surface area contributed by atoms with Crippen molar-refractivity contribution in [2.75, 3.05) is 11.9 Å². The zero-order valence-corrected chi connectivity index (χ0v) is 11.1. The lowest BCUT2D eigenvalue weighted by molar-refractivity contribution is 0.267. The Hall–Kier alpha value is -1.40. The second-order valence-corrected chi connectivity index (χ2v) is 4.79. The Morgan fingerprint density at radius 2 is 2.22 bits per heavy atom. The maximum absolute atomic E-state index is 9.07. The number of aromatic amines is 1. The van der Waals surface area contributed by atoms with E-state index in [0.29, 0.717) is 23.8 Å². The largest absolute Gasteiger partial charge is 0.396 e. The van der Waals surface area contributed by atoms with Crippen LogP contribution in [0.3, 0.4) is 0 Å². The summed E-state index contributed by atoms with van der Waals surface area (Å²) in [5, 5.41) is 12.5. The molecule has 0 aliphatic carbocycles. The highest BCUT2D eigenvalue weighted by molar-refractivity contribution is 6.28. The quantitative estimate of drug-likeness (QED) is 0.721. The molecule has 0 saturated carbocycles. The average Bonchev–Trinajstić information content (AvgIpc) is 2.76. The van der Waals surface area contributed by atoms with E-state index in [2.05, 4.69) is 39.1 Å². The van der Waals surface area contributed by atoms with Gasteiger partial charge in [-0.15, -0.1) is 0 Å². The van der Waals surface area contributed by atoms with Gasteiger partial charge in [-0.1, -0.05) is 13.8 Å². The van der Waals surface area contributed by atoms with Crippen molar-refractivity contribution >= 4 is 28.6 Å². The fraction of sp³-hybridized carbons (Fsp3) is 0.545. The molecule has 18 heavy (non-hydrogen) atoms. The van der Waals surface area contributed by atoms with Crippen molar-refractivity contribution in [3.8, 4) is 0 Å². The molecule has 6 nitrogen and oxygen atoms in total. The minimum Gasteiger partial charge on any atom is -0.396 e. The smallest absolute Gasteiger partial charge is 0.226 e. The number of hydrogen-bond donors (Lipinski definition) is 3. The van der Waals surface area contributed by atoms with Crippen LogP contribution in [0.15, 0.2) is 6.33 Å². The molecule has 7 heteroatoms. The molecule has 0 aromatic carbocycles. The van der Waals surface area contributed by atoms with Crippen molar-refractivity contribution < 1.29 is 5.11 Å². The van der Waals surface area contributed by atoms with Crippen molar-refractivity contribution in [1.82, 2.24) is 19.9 Å². The van der Waals surface area contributed by atoms with E-state index in [9.17, 15) is 0 Å². The minimum absolute atomic E-state index is 0.118. The molecular formula is C11H16ClN5O. The summed E-state index contributed by atoms with van der Waals surface area (Å²) in [4.78, 5) is 15.2. The molecular weight excluding hydrogens is 254 g/mol. The van der Waals surface area contributed by atoms with Gasteiger partial charge in [-0.05, 0) is 23.9 Å². The van der Waals surface area contributed by atoms with E-state index in [-0.39, 0.29) is 17.9 Å². The zero-order chi connectivity index (χ0) is 13.1. The molecule has 0 radical (unpaired) electrons. The number of hydrogen-bond acceptors (Lipinski definition) is 5. The third-order valence-electron chi connectivity index (χ3n) is 2.83.